The van der Waals surface area contributed by atoms with Gasteiger partial charge in [-0.25, -0.2) is 0 Å². The molecule has 2 aromatic rings. The monoisotopic (exact) mass is 334 g/mol. The first-order valence-corrected chi connectivity index (χ1v) is 7.43. The molecule has 20 heavy (non-hydrogen) atoms. The molecule has 2 aromatic carbocycles. The van der Waals surface area contributed by atoms with Crippen molar-refractivity contribution in [3.63, 3.8) is 0 Å². The number of hydrogen-bond donors (Lipinski definition) is 1. The summed E-state index contributed by atoms with van der Waals surface area (Å²) in [4.78, 5) is 0. The van der Waals surface area contributed by atoms with Gasteiger partial charge in [-0.3, -0.25) is 0 Å². The first-order valence-electron chi connectivity index (χ1n) is 6.64. The van der Waals surface area contributed by atoms with Gasteiger partial charge < -0.3 is 9.84 Å². The van der Waals surface area contributed by atoms with Crippen molar-refractivity contribution in [3.05, 3.63) is 63.6 Å². The molecule has 0 aliphatic heterocycles. The number of methoxy groups -OCH3 is 1. The van der Waals surface area contributed by atoms with E-state index in [1.165, 1.54) is 5.56 Å². The Bertz CT molecular complexity index is 564. The summed E-state index contributed by atoms with van der Waals surface area (Å²) in [7, 11) is 1.68. The van der Waals surface area contributed by atoms with Gasteiger partial charge in [0.15, 0.2) is 0 Å². The summed E-state index contributed by atoms with van der Waals surface area (Å²) in [6.07, 6.45) is 0.767. The molecule has 0 saturated heterocycles. The number of aliphatic hydroxyl groups excluding tert-OH is 1. The van der Waals surface area contributed by atoms with Gasteiger partial charge in [-0.05, 0) is 42.7 Å². The molecule has 0 aliphatic carbocycles. The average molecular weight is 335 g/mol. The molecular formula is C17H19BrO2. The second kappa shape index (κ2) is 6.91. The van der Waals surface area contributed by atoms with Gasteiger partial charge in [-0.2, -0.15) is 0 Å². The quantitative estimate of drug-likeness (QED) is 0.892. The highest BCUT2D eigenvalue weighted by atomic mass is 79.9. The third kappa shape index (κ3) is 3.62. The maximum absolute atomic E-state index is 9.69. The van der Waals surface area contributed by atoms with Crippen LogP contribution in [0.4, 0.5) is 0 Å². The zero-order valence-corrected chi connectivity index (χ0v) is 13.4. The molecule has 1 unspecified atom stereocenters. The number of rotatable bonds is 5. The summed E-state index contributed by atoms with van der Waals surface area (Å²) in [5, 5.41) is 9.69. The number of benzene rings is 2. The summed E-state index contributed by atoms with van der Waals surface area (Å²) in [6, 6.07) is 14.3. The van der Waals surface area contributed by atoms with Crippen LogP contribution in [0.3, 0.4) is 0 Å². The standard InChI is InChI=1S/C17H19BrO2/c1-12-3-8-17(20-2)14(9-12)10-15(11-19)13-4-6-16(18)7-5-13/h3-9,15,19H,10-11H2,1-2H3. The lowest BCUT2D eigenvalue weighted by molar-refractivity contribution is 0.263. The molecule has 0 radical (unpaired) electrons. The highest BCUT2D eigenvalue weighted by molar-refractivity contribution is 9.10. The number of hydrogen-bond acceptors (Lipinski definition) is 2. The lowest BCUT2D eigenvalue weighted by Crippen LogP contribution is -2.09. The van der Waals surface area contributed by atoms with E-state index in [-0.39, 0.29) is 12.5 Å². The molecule has 106 valence electrons. The molecule has 1 atom stereocenters. The fourth-order valence-electron chi connectivity index (χ4n) is 2.36. The fourth-order valence-corrected chi connectivity index (χ4v) is 2.62. The minimum Gasteiger partial charge on any atom is -0.496 e. The first kappa shape index (κ1) is 15.1. The first-order chi connectivity index (χ1) is 9.63. The van der Waals surface area contributed by atoms with Gasteiger partial charge in [0.2, 0.25) is 0 Å². The van der Waals surface area contributed by atoms with Gasteiger partial charge in [-0.15, -0.1) is 0 Å². The lowest BCUT2D eigenvalue weighted by atomic mass is 9.91. The molecular weight excluding hydrogens is 316 g/mol. The Morgan fingerprint density at radius 1 is 1.15 bits per heavy atom. The van der Waals surface area contributed by atoms with E-state index in [4.69, 9.17) is 4.74 Å². The van der Waals surface area contributed by atoms with Crippen LogP contribution in [0.25, 0.3) is 0 Å². The minimum atomic E-state index is 0.0822. The van der Waals surface area contributed by atoms with Gasteiger partial charge in [0.1, 0.15) is 5.75 Å². The topological polar surface area (TPSA) is 29.5 Å². The summed E-state index contributed by atoms with van der Waals surface area (Å²) < 4.78 is 6.46. The summed E-state index contributed by atoms with van der Waals surface area (Å²) in [5.74, 6) is 0.963. The van der Waals surface area contributed by atoms with Crippen molar-refractivity contribution in [2.45, 2.75) is 19.3 Å². The molecule has 0 aromatic heterocycles. The van der Waals surface area contributed by atoms with E-state index in [2.05, 4.69) is 28.9 Å². The van der Waals surface area contributed by atoms with Crippen molar-refractivity contribution < 1.29 is 9.84 Å². The molecule has 2 nitrogen and oxygen atoms in total. The number of ether oxygens (including phenoxy) is 1. The van der Waals surface area contributed by atoms with Crippen molar-refractivity contribution in [1.82, 2.24) is 0 Å². The van der Waals surface area contributed by atoms with Crippen LogP contribution in [0.2, 0.25) is 0 Å². The minimum absolute atomic E-state index is 0.0822. The molecule has 0 fully saturated rings. The largest absolute Gasteiger partial charge is 0.496 e. The van der Waals surface area contributed by atoms with Crippen molar-refractivity contribution >= 4 is 15.9 Å². The van der Waals surface area contributed by atoms with Crippen LogP contribution < -0.4 is 4.74 Å². The summed E-state index contributed by atoms with van der Waals surface area (Å²) in [5.41, 5.74) is 3.47. The van der Waals surface area contributed by atoms with Crippen LogP contribution in [-0.4, -0.2) is 18.8 Å². The Balaban J connectivity index is 2.26. The molecule has 0 spiro atoms. The predicted molar refractivity (Wildman–Crippen MR) is 85.4 cm³/mol. The highest BCUT2D eigenvalue weighted by Gasteiger charge is 2.14. The van der Waals surface area contributed by atoms with Gasteiger partial charge in [0, 0.05) is 10.4 Å². The van der Waals surface area contributed by atoms with Crippen LogP contribution in [0.5, 0.6) is 5.75 Å². The van der Waals surface area contributed by atoms with E-state index < -0.39 is 0 Å². The van der Waals surface area contributed by atoms with Crippen LogP contribution in [-0.2, 0) is 6.42 Å². The maximum Gasteiger partial charge on any atom is 0.122 e. The van der Waals surface area contributed by atoms with Crippen LogP contribution in [0, 0.1) is 6.92 Å². The van der Waals surface area contributed by atoms with Crippen molar-refractivity contribution in [2.24, 2.45) is 0 Å². The van der Waals surface area contributed by atoms with E-state index >= 15 is 0 Å². The molecule has 0 amide bonds. The Labute approximate surface area is 128 Å². The van der Waals surface area contributed by atoms with E-state index in [0.717, 1.165) is 27.8 Å². The zero-order valence-electron chi connectivity index (χ0n) is 11.8. The fraction of sp³-hybridized carbons (Fsp3) is 0.294. The van der Waals surface area contributed by atoms with E-state index in [0.29, 0.717) is 0 Å². The van der Waals surface area contributed by atoms with Crippen LogP contribution >= 0.6 is 15.9 Å². The second-order valence-corrected chi connectivity index (χ2v) is 5.87. The molecule has 1 N–H and O–H groups in total. The molecule has 3 heteroatoms. The summed E-state index contributed by atoms with van der Waals surface area (Å²) >= 11 is 3.43. The van der Waals surface area contributed by atoms with Crippen LogP contribution in [0.1, 0.15) is 22.6 Å². The summed E-state index contributed by atoms with van der Waals surface area (Å²) in [6.45, 7) is 2.19. The zero-order chi connectivity index (χ0) is 14.5. The van der Waals surface area contributed by atoms with E-state index in [1.807, 2.05) is 36.4 Å². The lowest BCUT2D eigenvalue weighted by Gasteiger charge is -2.17. The maximum atomic E-state index is 9.69. The Morgan fingerprint density at radius 2 is 1.85 bits per heavy atom. The molecule has 2 rings (SSSR count). The SMILES string of the molecule is COc1ccc(C)cc1CC(CO)c1ccc(Br)cc1. The molecule has 0 aliphatic rings. The highest BCUT2D eigenvalue weighted by Crippen LogP contribution is 2.28. The van der Waals surface area contributed by atoms with Gasteiger partial charge in [0.25, 0.3) is 0 Å². The van der Waals surface area contributed by atoms with Gasteiger partial charge in [0.05, 0.1) is 13.7 Å². The molecule has 0 saturated carbocycles. The molecule has 0 bridgehead atoms. The van der Waals surface area contributed by atoms with E-state index in [1.54, 1.807) is 7.11 Å². The Hall–Kier alpha value is -1.32. The van der Waals surface area contributed by atoms with Crippen LogP contribution in [0.15, 0.2) is 46.9 Å². The smallest absolute Gasteiger partial charge is 0.122 e. The third-order valence-corrected chi connectivity index (χ3v) is 3.99. The van der Waals surface area contributed by atoms with Crippen molar-refractivity contribution in [1.29, 1.82) is 0 Å². The van der Waals surface area contributed by atoms with E-state index in [9.17, 15) is 5.11 Å². The molecule has 0 heterocycles. The van der Waals surface area contributed by atoms with Crippen molar-refractivity contribution in [3.8, 4) is 5.75 Å². The van der Waals surface area contributed by atoms with Gasteiger partial charge >= 0.3 is 0 Å². The Morgan fingerprint density at radius 3 is 2.45 bits per heavy atom. The normalized spacial score (nSPS) is 12.2. The number of aliphatic hydroxyl groups is 1. The second-order valence-electron chi connectivity index (χ2n) is 4.95. The predicted octanol–water partition coefficient (Wildman–Crippen LogP) is 4.08. The number of halogens is 1. The third-order valence-electron chi connectivity index (χ3n) is 3.46. The average Bonchev–Trinajstić information content (AvgIpc) is 2.46. The van der Waals surface area contributed by atoms with Crippen molar-refractivity contribution in [2.75, 3.05) is 13.7 Å². The Kier molecular flexibility index (Phi) is 5.21. The van der Waals surface area contributed by atoms with Gasteiger partial charge in [-0.1, -0.05) is 45.8 Å². The number of aryl methyl sites for hydroxylation is 1.